The highest BCUT2D eigenvalue weighted by Gasteiger charge is 2.76. The van der Waals surface area contributed by atoms with Gasteiger partial charge in [0.1, 0.15) is 18.0 Å². The molecule has 1 N–H and O–H groups in total. The third-order valence-corrected chi connectivity index (χ3v) is 8.08. The van der Waals surface area contributed by atoms with Crippen molar-refractivity contribution in [3.63, 3.8) is 0 Å². The second-order valence-corrected chi connectivity index (χ2v) is 9.97. The quantitative estimate of drug-likeness (QED) is 0.420. The van der Waals surface area contributed by atoms with Crippen molar-refractivity contribution >= 4 is 17.5 Å². The minimum atomic E-state index is -1.19. The summed E-state index contributed by atoms with van der Waals surface area (Å²) in [6.45, 7) is 11.3. The monoisotopic (exact) mass is 390 g/mol. The van der Waals surface area contributed by atoms with Crippen LogP contribution in [0.4, 0.5) is 0 Å². The van der Waals surface area contributed by atoms with Crippen LogP contribution < -0.4 is 0 Å². The Hall–Kier alpha value is -1.53. The first kappa shape index (κ1) is 19.8. The number of esters is 1. The summed E-state index contributed by atoms with van der Waals surface area (Å²) in [6, 6.07) is 0. The van der Waals surface area contributed by atoms with Crippen molar-refractivity contribution in [1.29, 1.82) is 0 Å². The van der Waals surface area contributed by atoms with Gasteiger partial charge in [-0.1, -0.05) is 20.4 Å². The Morgan fingerprint density at radius 2 is 1.93 bits per heavy atom. The zero-order chi connectivity index (χ0) is 20.6. The summed E-state index contributed by atoms with van der Waals surface area (Å²) in [4.78, 5) is 38.1. The van der Waals surface area contributed by atoms with Crippen molar-refractivity contribution in [2.24, 2.45) is 22.7 Å². The van der Waals surface area contributed by atoms with Crippen LogP contribution in [0.15, 0.2) is 12.2 Å². The van der Waals surface area contributed by atoms with Gasteiger partial charge in [-0.05, 0) is 49.5 Å². The van der Waals surface area contributed by atoms with Gasteiger partial charge in [0.15, 0.2) is 11.4 Å². The van der Waals surface area contributed by atoms with Crippen molar-refractivity contribution in [2.45, 2.75) is 83.7 Å². The number of hydrogen-bond donors (Lipinski definition) is 1. The maximum atomic E-state index is 13.5. The number of aliphatic hydroxyl groups excluding tert-OH is 1. The van der Waals surface area contributed by atoms with E-state index in [1.54, 1.807) is 0 Å². The van der Waals surface area contributed by atoms with Gasteiger partial charge in [-0.25, -0.2) is 0 Å². The van der Waals surface area contributed by atoms with Crippen LogP contribution in [0.5, 0.6) is 0 Å². The number of carbonyl (C=O) groups excluding carboxylic acids is 3. The molecule has 0 aromatic carbocycles. The van der Waals surface area contributed by atoms with Gasteiger partial charge in [0.25, 0.3) is 0 Å². The van der Waals surface area contributed by atoms with Gasteiger partial charge >= 0.3 is 5.97 Å². The second-order valence-electron chi connectivity index (χ2n) is 9.97. The Morgan fingerprint density at radius 3 is 2.57 bits per heavy atom. The number of rotatable bonds is 1. The molecule has 0 spiro atoms. The molecule has 1 heterocycles. The first-order valence-electron chi connectivity index (χ1n) is 10.3. The molecule has 154 valence electrons. The maximum absolute atomic E-state index is 13.5. The average Bonchev–Trinajstić information content (AvgIpc) is 3.31. The molecule has 0 unspecified atom stereocenters. The summed E-state index contributed by atoms with van der Waals surface area (Å²) in [5.74, 6) is -1.05. The number of Topliss-reactive ketones (excluding diaryl/α,β-unsaturated/α-hetero) is 2. The largest absolute Gasteiger partial charge is 0.461 e. The van der Waals surface area contributed by atoms with Crippen LogP contribution in [0, 0.1) is 22.7 Å². The Bertz CT molecular complexity index is 769. The number of epoxide rings is 1. The maximum Gasteiger partial charge on any atom is 0.302 e. The predicted octanol–water partition coefficient (Wildman–Crippen LogP) is 2.37. The van der Waals surface area contributed by atoms with Crippen molar-refractivity contribution in [3.05, 3.63) is 12.2 Å². The molecule has 0 aromatic rings. The Balaban J connectivity index is 1.78. The first-order chi connectivity index (χ1) is 13.0. The molecule has 1 saturated heterocycles. The molecule has 3 aliphatic carbocycles. The third kappa shape index (κ3) is 2.43. The minimum absolute atomic E-state index is 0.0315. The average molecular weight is 390 g/mol. The molecule has 28 heavy (non-hydrogen) atoms. The molecule has 4 aliphatic rings. The lowest BCUT2D eigenvalue weighted by Gasteiger charge is -2.54. The molecule has 7 atom stereocenters. The van der Waals surface area contributed by atoms with Crippen LogP contribution in [-0.4, -0.2) is 46.6 Å². The molecule has 3 saturated carbocycles. The standard InChI is InChI=1S/C22H30O6/c1-11-13-6-7-15(24)21(5)14(10-16(25)22(18(11)26)19(13)28-22)20(3,4)9-8-17(21)27-12(2)23/h13-14,16-17,19,25H,1,6-10H2,2-5H3/t13-,14-,16-,17-,19-,21-,22+/m1/s1. The van der Waals surface area contributed by atoms with Crippen molar-refractivity contribution in [1.82, 2.24) is 0 Å². The van der Waals surface area contributed by atoms with Gasteiger partial charge in [0.2, 0.25) is 0 Å². The summed E-state index contributed by atoms with van der Waals surface area (Å²) in [6.07, 6.45) is 0.504. The molecular formula is C22H30O6. The fourth-order valence-corrected chi connectivity index (χ4v) is 6.37. The van der Waals surface area contributed by atoms with E-state index in [2.05, 4.69) is 20.4 Å². The fourth-order valence-electron chi connectivity index (χ4n) is 6.37. The molecule has 1 aliphatic heterocycles. The van der Waals surface area contributed by atoms with E-state index in [4.69, 9.17) is 9.47 Å². The summed E-state index contributed by atoms with van der Waals surface area (Å²) < 4.78 is 11.4. The van der Waals surface area contributed by atoms with Crippen molar-refractivity contribution < 1.29 is 29.0 Å². The molecule has 4 rings (SSSR count). The lowest BCUT2D eigenvalue weighted by atomic mass is 9.51. The van der Waals surface area contributed by atoms with E-state index >= 15 is 0 Å². The van der Waals surface area contributed by atoms with E-state index in [1.165, 1.54) is 6.92 Å². The van der Waals surface area contributed by atoms with Crippen LogP contribution in [0.2, 0.25) is 0 Å². The van der Waals surface area contributed by atoms with Gasteiger partial charge < -0.3 is 14.6 Å². The molecule has 0 aromatic heterocycles. The van der Waals surface area contributed by atoms with Crippen molar-refractivity contribution in [2.75, 3.05) is 0 Å². The number of ether oxygens (including phenoxy) is 2. The Labute approximate surface area is 165 Å². The van der Waals surface area contributed by atoms with E-state index in [-0.39, 0.29) is 47.8 Å². The van der Waals surface area contributed by atoms with Gasteiger partial charge in [-0.15, -0.1) is 0 Å². The zero-order valence-electron chi connectivity index (χ0n) is 17.1. The van der Waals surface area contributed by atoms with Gasteiger partial charge in [0.05, 0.1) is 11.5 Å². The lowest BCUT2D eigenvalue weighted by Crippen LogP contribution is -2.57. The van der Waals surface area contributed by atoms with E-state index in [0.29, 0.717) is 18.4 Å². The van der Waals surface area contributed by atoms with Gasteiger partial charge in [-0.3, -0.25) is 14.4 Å². The van der Waals surface area contributed by atoms with E-state index in [0.717, 1.165) is 6.42 Å². The minimum Gasteiger partial charge on any atom is -0.461 e. The first-order valence-corrected chi connectivity index (χ1v) is 10.3. The smallest absolute Gasteiger partial charge is 0.302 e. The predicted molar refractivity (Wildman–Crippen MR) is 100 cm³/mol. The Morgan fingerprint density at radius 1 is 1.25 bits per heavy atom. The number of ketones is 2. The van der Waals surface area contributed by atoms with Crippen LogP contribution in [0.1, 0.15) is 59.8 Å². The number of fused-ring (bicyclic) bond motifs is 1. The molecular weight excluding hydrogens is 360 g/mol. The molecule has 0 radical (unpaired) electrons. The van der Waals surface area contributed by atoms with Crippen LogP contribution in [-0.2, 0) is 23.9 Å². The van der Waals surface area contributed by atoms with Gasteiger partial charge in [0, 0.05) is 19.3 Å². The molecule has 0 amide bonds. The third-order valence-electron chi connectivity index (χ3n) is 8.08. The van der Waals surface area contributed by atoms with Gasteiger partial charge in [-0.2, -0.15) is 0 Å². The zero-order valence-corrected chi connectivity index (χ0v) is 17.1. The summed E-state index contributed by atoms with van der Waals surface area (Å²) in [5.41, 5.74) is -1.88. The lowest BCUT2D eigenvalue weighted by molar-refractivity contribution is -0.178. The Kier molecular flexibility index (Phi) is 4.23. The summed E-state index contributed by atoms with van der Waals surface area (Å²) >= 11 is 0. The van der Waals surface area contributed by atoms with Crippen LogP contribution in [0.25, 0.3) is 0 Å². The fraction of sp³-hybridized carbons (Fsp3) is 0.773. The second kappa shape index (κ2) is 5.99. The number of hydrogen-bond acceptors (Lipinski definition) is 6. The highest BCUT2D eigenvalue weighted by molar-refractivity contribution is 6.08. The molecule has 4 fully saturated rings. The molecule has 2 bridgehead atoms. The summed E-state index contributed by atoms with van der Waals surface area (Å²) in [7, 11) is 0. The van der Waals surface area contributed by atoms with E-state index < -0.39 is 29.2 Å². The van der Waals surface area contributed by atoms with Crippen LogP contribution >= 0.6 is 0 Å². The summed E-state index contributed by atoms with van der Waals surface area (Å²) in [5, 5.41) is 11.1. The topological polar surface area (TPSA) is 93.2 Å². The highest BCUT2D eigenvalue weighted by Crippen LogP contribution is 2.61. The molecule has 6 nitrogen and oxygen atoms in total. The van der Waals surface area contributed by atoms with Crippen LogP contribution in [0.3, 0.4) is 0 Å². The van der Waals surface area contributed by atoms with E-state index in [1.807, 2.05) is 6.92 Å². The number of aliphatic hydroxyl groups is 1. The SMILES string of the molecule is C=C1C(=O)[C@]23O[C@@H]2[C@@H]1CCC(=O)[C@@]1(C)[C@H](C[C@H]3O)C(C)(C)CC[C@H]1OC(C)=O. The number of carbonyl (C=O) groups is 3. The van der Waals surface area contributed by atoms with E-state index in [9.17, 15) is 19.5 Å². The molecule has 6 heteroatoms. The van der Waals surface area contributed by atoms with Crippen molar-refractivity contribution in [3.8, 4) is 0 Å². The normalized spacial score (nSPS) is 47.2. The highest BCUT2D eigenvalue weighted by atomic mass is 16.6.